The lowest BCUT2D eigenvalue weighted by atomic mass is 10.2. The Morgan fingerprint density at radius 1 is 1.43 bits per heavy atom. The Bertz CT molecular complexity index is 590. The van der Waals surface area contributed by atoms with E-state index in [1.165, 1.54) is 13.1 Å². The van der Waals surface area contributed by atoms with Crippen LogP contribution in [0.15, 0.2) is 36.0 Å². The summed E-state index contributed by atoms with van der Waals surface area (Å²) in [5.74, 6) is -1.91. The number of carbonyl (C=O) groups is 2. The largest absolute Gasteiger partial charge is 0.480 e. The Labute approximate surface area is 127 Å². The smallest absolute Gasteiger partial charge is 0.325 e. The van der Waals surface area contributed by atoms with Crippen molar-refractivity contribution in [3.05, 3.63) is 46.6 Å². The van der Waals surface area contributed by atoms with E-state index >= 15 is 0 Å². The molecule has 1 atom stereocenters. The maximum Gasteiger partial charge on any atom is 0.325 e. The molecule has 110 valence electrons. The van der Waals surface area contributed by atoms with Crippen LogP contribution in [0.1, 0.15) is 12.5 Å². The van der Waals surface area contributed by atoms with Crippen molar-refractivity contribution in [3.8, 4) is 6.07 Å². The van der Waals surface area contributed by atoms with Gasteiger partial charge in [-0.2, -0.15) is 5.26 Å². The lowest BCUT2D eigenvalue weighted by Crippen LogP contribution is -2.39. The molecule has 0 bridgehead atoms. The van der Waals surface area contributed by atoms with Crippen LogP contribution in [0.3, 0.4) is 0 Å². The molecule has 0 aliphatic heterocycles. The van der Waals surface area contributed by atoms with E-state index in [0.717, 1.165) is 5.56 Å². The summed E-state index contributed by atoms with van der Waals surface area (Å²) in [4.78, 5) is 22.3. The Morgan fingerprint density at radius 3 is 2.57 bits per heavy atom. The van der Waals surface area contributed by atoms with Gasteiger partial charge in [-0.3, -0.25) is 9.59 Å². The standard InChI is InChI=1S/C14H14ClN3O3/c1-9(14(20)21)18-13(19)11(6-16)8-17-7-10-2-4-12(15)5-3-10/h2-5,8-9,17H,7H2,1H3,(H,18,19)(H,20,21)/b11-8-. The van der Waals surface area contributed by atoms with Gasteiger partial charge < -0.3 is 15.7 Å². The fourth-order valence-electron chi connectivity index (χ4n) is 1.36. The number of hydrogen-bond donors (Lipinski definition) is 3. The Hall–Kier alpha value is -2.52. The molecule has 0 radical (unpaired) electrons. The van der Waals surface area contributed by atoms with Crippen molar-refractivity contribution in [3.63, 3.8) is 0 Å². The average Bonchev–Trinajstić information content (AvgIpc) is 2.45. The highest BCUT2D eigenvalue weighted by Crippen LogP contribution is 2.09. The summed E-state index contributed by atoms with van der Waals surface area (Å²) < 4.78 is 0. The number of carboxylic acid groups (broad SMARTS) is 1. The fraction of sp³-hybridized carbons (Fsp3) is 0.214. The first-order valence-corrected chi connectivity index (χ1v) is 6.43. The van der Waals surface area contributed by atoms with Crippen molar-refractivity contribution >= 4 is 23.5 Å². The Morgan fingerprint density at radius 2 is 2.05 bits per heavy atom. The van der Waals surface area contributed by atoms with Crippen molar-refractivity contribution in [1.82, 2.24) is 10.6 Å². The zero-order valence-corrected chi connectivity index (χ0v) is 12.0. The minimum absolute atomic E-state index is 0.197. The SMILES string of the molecule is CC(NC(=O)/C(C#N)=C\NCc1ccc(Cl)cc1)C(=O)O. The van der Waals surface area contributed by atoms with Crippen LogP contribution in [-0.2, 0) is 16.1 Å². The van der Waals surface area contributed by atoms with Gasteiger partial charge in [-0.25, -0.2) is 0 Å². The predicted molar refractivity (Wildman–Crippen MR) is 77.2 cm³/mol. The van der Waals surface area contributed by atoms with Crippen LogP contribution in [0, 0.1) is 11.3 Å². The number of aliphatic carboxylic acids is 1. The molecule has 6 nitrogen and oxygen atoms in total. The second-order valence-electron chi connectivity index (χ2n) is 4.21. The second kappa shape index (κ2) is 7.92. The molecule has 1 rings (SSSR count). The van der Waals surface area contributed by atoms with Gasteiger partial charge in [0.1, 0.15) is 17.7 Å². The molecular formula is C14H14ClN3O3. The van der Waals surface area contributed by atoms with Crippen LogP contribution in [0.4, 0.5) is 0 Å². The number of nitrogens with zero attached hydrogens (tertiary/aromatic N) is 1. The van der Waals surface area contributed by atoms with E-state index in [2.05, 4.69) is 10.6 Å². The molecule has 3 N–H and O–H groups in total. The summed E-state index contributed by atoms with van der Waals surface area (Å²) in [6.07, 6.45) is 1.25. The number of nitriles is 1. The summed E-state index contributed by atoms with van der Waals surface area (Å²) in [5.41, 5.74) is 0.726. The number of benzene rings is 1. The van der Waals surface area contributed by atoms with Gasteiger partial charge in [0.2, 0.25) is 0 Å². The van der Waals surface area contributed by atoms with Crippen LogP contribution in [0.5, 0.6) is 0 Å². The van der Waals surface area contributed by atoms with Crippen LogP contribution >= 0.6 is 11.6 Å². The molecule has 0 aromatic heterocycles. The zero-order valence-electron chi connectivity index (χ0n) is 11.3. The quantitative estimate of drug-likeness (QED) is 0.545. The van der Waals surface area contributed by atoms with Crippen molar-refractivity contribution in [1.29, 1.82) is 5.26 Å². The molecule has 0 saturated heterocycles. The molecule has 0 spiro atoms. The first kappa shape index (κ1) is 16.5. The Balaban J connectivity index is 2.59. The summed E-state index contributed by atoms with van der Waals surface area (Å²) in [6.45, 7) is 1.72. The van der Waals surface area contributed by atoms with E-state index in [1.54, 1.807) is 18.2 Å². The maximum absolute atomic E-state index is 11.7. The van der Waals surface area contributed by atoms with Gasteiger partial charge in [0, 0.05) is 17.8 Å². The zero-order chi connectivity index (χ0) is 15.8. The topological polar surface area (TPSA) is 102 Å². The minimum atomic E-state index is -1.17. The summed E-state index contributed by atoms with van der Waals surface area (Å²) in [6, 6.07) is 7.73. The molecule has 1 aromatic rings. The van der Waals surface area contributed by atoms with Gasteiger partial charge in [-0.1, -0.05) is 23.7 Å². The summed E-state index contributed by atoms with van der Waals surface area (Å²) >= 11 is 5.76. The van der Waals surface area contributed by atoms with Gasteiger partial charge in [-0.05, 0) is 24.6 Å². The van der Waals surface area contributed by atoms with Gasteiger partial charge in [0.05, 0.1) is 0 Å². The molecule has 7 heteroatoms. The van der Waals surface area contributed by atoms with Gasteiger partial charge in [-0.15, -0.1) is 0 Å². The van der Waals surface area contributed by atoms with Crippen molar-refractivity contribution in [2.24, 2.45) is 0 Å². The molecule has 1 unspecified atom stereocenters. The first-order valence-electron chi connectivity index (χ1n) is 6.05. The normalized spacial score (nSPS) is 12.1. The third-order valence-electron chi connectivity index (χ3n) is 2.55. The van der Waals surface area contributed by atoms with E-state index in [4.69, 9.17) is 22.0 Å². The fourth-order valence-corrected chi connectivity index (χ4v) is 1.48. The molecule has 0 aliphatic rings. The van der Waals surface area contributed by atoms with Crippen LogP contribution < -0.4 is 10.6 Å². The first-order chi connectivity index (χ1) is 9.93. The number of amides is 1. The number of nitrogens with one attached hydrogen (secondary N) is 2. The number of carboxylic acids is 1. The molecule has 21 heavy (non-hydrogen) atoms. The van der Waals surface area contributed by atoms with Gasteiger partial charge >= 0.3 is 5.97 Å². The van der Waals surface area contributed by atoms with Crippen molar-refractivity contribution in [2.45, 2.75) is 19.5 Å². The molecule has 0 fully saturated rings. The molecular weight excluding hydrogens is 294 g/mol. The number of halogens is 1. The molecule has 1 amide bonds. The Kier molecular flexibility index (Phi) is 6.24. The van der Waals surface area contributed by atoms with Gasteiger partial charge in [0.25, 0.3) is 5.91 Å². The number of hydrogen-bond acceptors (Lipinski definition) is 4. The third-order valence-corrected chi connectivity index (χ3v) is 2.80. The van der Waals surface area contributed by atoms with E-state index in [0.29, 0.717) is 11.6 Å². The van der Waals surface area contributed by atoms with E-state index in [9.17, 15) is 9.59 Å². The molecule has 1 aromatic carbocycles. The summed E-state index contributed by atoms with van der Waals surface area (Å²) in [5, 5.41) is 23.2. The van der Waals surface area contributed by atoms with Crippen LogP contribution in [-0.4, -0.2) is 23.0 Å². The molecule has 0 saturated carbocycles. The van der Waals surface area contributed by atoms with Crippen LogP contribution in [0.2, 0.25) is 5.02 Å². The van der Waals surface area contributed by atoms with Crippen LogP contribution in [0.25, 0.3) is 0 Å². The van der Waals surface area contributed by atoms with E-state index < -0.39 is 17.9 Å². The number of rotatable bonds is 6. The highest BCUT2D eigenvalue weighted by Gasteiger charge is 2.16. The lowest BCUT2D eigenvalue weighted by Gasteiger charge is -2.08. The highest BCUT2D eigenvalue weighted by atomic mass is 35.5. The molecule has 0 aliphatic carbocycles. The highest BCUT2D eigenvalue weighted by molar-refractivity contribution is 6.30. The average molecular weight is 308 g/mol. The monoisotopic (exact) mass is 307 g/mol. The second-order valence-corrected chi connectivity index (χ2v) is 4.65. The van der Waals surface area contributed by atoms with E-state index in [1.807, 2.05) is 12.1 Å². The number of carbonyl (C=O) groups excluding carboxylic acids is 1. The van der Waals surface area contributed by atoms with E-state index in [-0.39, 0.29) is 5.57 Å². The predicted octanol–water partition coefficient (Wildman–Crippen LogP) is 1.43. The molecule has 0 heterocycles. The lowest BCUT2D eigenvalue weighted by molar-refractivity contribution is -0.140. The summed E-state index contributed by atoms with van der Waals surface area (Å²) in [7, 11) is 0. The maximum atomic E-state index is 11.7. The minimum Gasteiger partial charge on any atom is -0.480 e. The van der Waals surface area contributed by atoms with Crippen molar-refractivity contribution in [2.75, 3.05) is 0 Å². The third kappa shape index (κ3) is 5.55. The van der Waals surface area contributed by atoms with Gasteiger partial charge in [0.15, 0.2) is 0 Å². The van der Waals surface area contributed by atoms with Crippen molar-refractivity contribution < 1.29 is 14.7 Å².